The molecule has 0 amide bonds. The number of nitrogens with zero attached hydrogens (tertiary/aromatic N) is 3. The van der Waals surface area contributed by atoms with E-state index in [4.69, 9.17) is 0 Å². The van der Waals surface area contributed by atoms with Gasteiger partial charge in [0.1, 0.15) is 0 Å². The standard InChI is InChI=1S/C7H8F3N3O2S2/c8-7(9,10)5-11-6(16-12-5)13-1-3-17(14,15)4-2-13/h1-4H2. The van der Waals surface area contributed by atoms with Gasteiger partial charge in [0.15, 0.2) is 9.84 Å². The van der Waals surface area contributed by atoms with E-state index in [0.717, 1.165) is 0 Å². The van der Waals surface area contributed by atoms with Gasteiger partial charge >= 0.3 is 6.18 Å². The molecule has 0 atom stereocenters. The zero-order valence-corrected chi connectivity index (χ0v) is 10.1. The highest BCUT2D eigenvalue weighted by Gasteiger charge is 2.37. The molecule has 1 aliphatic rings. The summed E-state index contributed by atoms with van der Waals surface area (Å²) in [7, 11) is -3.05. The summed E-state index contributed by atoms with van der Waals surface area (Å²) in [5, 5.41) is 0.118. The molecule has 0 radical (unpaired) electrons. The molecule has 0 N–H and O–H groups in total. The van der Waals surface area contributed by atoms with E-state index in [1.165, 1.54) is 4.90 Å². The van der Waals surface area contributed by atoms with Crippen molar-refractivity contribution in [1.82, 2.24) is 9.36 Å². The molecule has 0 bridgehead atoms. The van der Waals surface area contributed by atoms with Crippen molar-refractivity contribution in [2.75, 3.05) is 29.5 Å². The normalized spacial score (nSPS) is 20.5. The van der Waals surface area contributed by atoms with Crippen LogP contribution in [0.3, 0.4) is 0 Å². The smallest absolute Gasteiger partial charge is 0.345 e. The van der Waals surface area contributed by atoms with E-state index in [9.17, 15) is 21.6 Å². The molecule has 0 unspecified atom stereocenters. The summed E-state index contributed by atoms with van der Waals surface area (Å²) in [6.07, 6.45) is -4.56. The van der Waals surface area contributed by atoms with Crippen molar-refractivity contribution in [2.24, 2.45) is 0 Å². The highest BCUT2D eigenvalue weighted by molar-refractivity contribution is 7.91. The number of alkyl halides is 3. The molecule has 0 spiro atoms. The number of aromatic nitrogens is 2. The molecule has 10 heteroatoms. The summed E-state index contributed by atoms with van der Waals surface area (Å²) in [6.45, 7) is 0.323. The molecule has 1 aromatic heterocycles. The molecular weight excluding hydrogens is 279 g/mol. The monoisotopic (exact) mass is 287 g/mol. The van der Waals surface area contributed by atoms with Gasteiger partial charge in [-0.05, 0) is 0 Å². The van der Waals surface area contributed by atoms with Crippen LogP contribution in [0.15, 0.2) is 0 Å². The third-order valence-corrected chi connectivity index (χ3v) is 4.67. The summed E-state index contributed by atoms with van der Waals surface area (Å²) < 4.78 is 62.3. The van der Waals surface area contributed by atoms with E-state index < -0.39 is 21.8 Å². The van der Waals surface area contributed by atoms with Gasteiger partial charge < -0.3 is 4.90 Å². The highest BCUT2D eigenvalue weighted by Crippen LogP contribution is 2.30. The number of halogens is 3. The second kappa shape index (κ2) is 4.09. The van der Waals surface area contributed by atoms with Crippen molar-refractivity contribution < 1.29 is 21.6 Å². The number of hydrogen-bond donors (Lipinski definition) is 0. The average Bonchev–Trinajstić information content (AvgIpc) is 2.66. The first-order valence-electron chi connectivity index (χ1n) is 4.64. The van der Waals surface area contributed by atoms with E-state index in [1.54, 1.807) is 0 Å². The molecule has 96 valence electrons. The average molecular weight is 287 g/mol. The second-order valence-corrected chi connectivity index (χ2v) is 6.57. The first kappa shape index (κ1) is 12.6. The molecule has 1 aliphatic heterocycles. The van der Waals surface area contributed by atoms with Crippen LogP contribution in [0.1, 0.15) is 5.82 Å². The number of hydrogen-bond acceptors (Lipinski definition) is 6. The van der Waals surface area contributed by atoms with Crippen molar-refractivity contribution in [3.05, 3.63) is 5.82 Å². The number of rotatable bonds is 1. The van der Waals surface area contributed by atoms with Gasteiger partial charge in [0.05, 0.1) is 11.5 Å². The lowest BCUT2D eigenvalue weighted by molar-refractivity contribution is -0.144. The molecule has 1 fully saturated rings. The summed E-state index contributed by atoms with van der Waals surface area (Å²) in [5.41, 5.74) is 0. The van der Waals surface area contributed by atoms with Gasteiger partial charge in [-0.15, -0.1) is 0 Å². The molecule has 17 heavy (non-hydrogen) atoms. The fourth-order valence-electron chi connectivity index (χ4n) is 1.36. The van der Waals surface area contributed by atoms with Crippen molar-refractivity contribution >= 4 is 26.5 Å². The van der Waals surface area contributed by atoms with Crippen LogP contribution in [0.25, 0.3) is 0 Å². The molecule has 2 rings (SSSR count). The molecular formula is C7H8F3N3O2S2. The Morgan fingerprint density at radius 3 is 2.29 bits per heavy atom. The Balaban J connectivity index is 2.12. The first-order chi connectivity index (χ1) is 7.78. The molecule has 0 aliphatic carbocycles. The maximum atomic E-state index is 12.3. The molecule has 1 aromatic rings. The van der Waals surface area contributed by atoms with E-state index in [0.29, 0.717) is 11.5 Å². The largest absolute Gasteiger partial charge is 0.452 e. The lowest BCUT2D eigenvalue weighted by atomic mass is 10.5. The molecule has 0 aromatic carbocycles. The van der Waals surface area contributed by atoms with Crippen molar-refractivity contribution in [3.63, 3.8) is 0 Å². The summed E-state index contributed by atoms with van der Waals surface area (Å²) >= 11 is 0.633. The first-order valence-corrected chi connectivity index (χ1v) is 7.24. The van der Waals surface area contributed by atoms with Crippen LogP contribution in [0, 0.1) is 0 Å². The van der Waals surface area contributed by atoms with Gasteiger partial charge in [-0.25, -0.2) is 8.42 Å². The zero-order chi connectivity index (χ0) is 12.7. The minimum Gasteiger partial charge on any atom is -0.345 e. The highest BCUT2D eigenvalue weighted by atomic mass is 32.2. The Morgan fingerprint density at radius 2 is 1.82 bits per heavy atom. The zero-order valence-electron chi connectivity index (χ0n) is 8.44. The lowest BCUT2D eigenvalue weighted by Crippen LogP contribution is -2.40. The molecule has 1 saturated heterocycles. The molecule has 5 nitrogen and oxygen atoms in total. The fourth-order valence-corrected chi connectivity index (χ4v) is 3.30. The predicted molar refractivity (Wildman–Crippen MR) is 55.8 cm³/mol. The Morgan fingerprint density at radius 1 is 1.24 bits per heavy atom. The SMILES string of the molecule is O=S1(=O)CCN(c2nc(C(F)(F)F)ns2)CC1. The van der Waals surface area contributed by atoms with Gasteiger partial charge in [-0.2, -0.15) is 22.5 Å². The minimum absolute atomic E-state index is 0.0616. The summed E-state index contributed by atoms with van der Waals surface area (Å²) in [4.78, 5) is 4.87. The van der Waals surface area contributed by atoms with Crippen LogP contribution < -0.4 is 4.90 Å². The maximum absolute atomic E-state index is 12.3. The Labute approximate surface area is 99.4 Å². The van der Waals surface area contributed by atoms with Crippen molar-refractivity contribution in [2.45, 2.75) is 6.18 Å². The van der Waals surface area contributed by atoms with Crippen LogP contribution in [0.4, 0.5) is 18.3 Å². The van der Waals surface area contributed by atoms with Crippen molar-refractivity contribution in [3.8, 4) is 0 Å². The maximum Gasteiger partial charge on any atom is 0.452 e. The van der Waals surface area contributed by atoms with E-state index in [2.05, 4.69) is 9.36 Å². The van der Waals surface area contributed by atoms with Gasteiger partial charge in [0, 0.05) is 24.6 Å². The van der Waals surface area contributed by atoms with Gasteiger partial charge in [-0.3, -0.25) is 0 Å². The third-order valence-electron chi connectivity index (χ3n) is 2.28. The van der Waals surface area contributed by atoms with E-state index >= 15 is 0 Å². The van der Waals surface area contributed by atoms with E-state index in [1.807, 2.05) is 0 Å². The second-order valence-electron chi connectivity index (χ2n) is 3.54. The van der Waals surface area contributed by atoms with Crippen LogP contribution in [-0.2, 0) is 16.0 Å². The fraction of sp³-hybridized carbons (Fsp3) is 0.714. The number of anilines is 1. The Kier molecular flexibility index (Phi) is 3.02. The van der Waals surface area contributed by atoms with Crippen LogP contribution in [-0.4, -0.2) is 42.4 Å². The summed E-state index contributed by atoms with van der Waals surface area (Å²) in [6, 6.07) is 0. The van der Waals surface area contributed by atoms with Gasteiger partial charge in [0.25, 0.3) is 0 Å². The van der Waals surface area contributed by atoms with Crippen molar-refractivity contribution in [1.29, 1.82) is 0 Å². The number of sulfone groups is 1. The minimum atomic E-state index is -4.56. The Bertz CT molecular complexity index is 497. The Hall–Kier alpha value is -0.900. The third kappa shape index (κ3) is 2.86. The van der Waals surface area contributed by atoms with E-state index in [-0.39, 0.29) is 29.7 Å². The van der Waals surface area contributed by atoms with Crippen LogP contribution in [0.2, 0.25) is 0 Å². The van der Waals surface area contributed by atoms with Gasteiger partial charge in [0.2, 0.25) is 11.0 Å². The van der Waals surface area contributed by atoms with Gasteiger partial charge in [-0.1, -0.05) is 0 Å². The molecule has 0 saturated carbocycles. The lowest BCUT2D eigenvalue weighted by Gasteiger charge is -2.25. The summed E-state index contributed by atoms with van der Waals surface area (Å²) in [5.74, 6) is -1.30. The van der Waals surface area contributed by atoms with Crippen LogP contribution in [0.5, 0.6) is 0 Å². The molecule has 2 heterocycles. The predicted octanol–water partition coefficient (Wildman–Crippen LogP) is 0.792. The topological polar surface area (TPSA) is 63.2 Å². The quantitative estimate of drug-likeness (QED) is 0.764. The van der Waals surface area contributed by atoms with Crippen LogP contribution >= 0.6 is 11.5 Å².